The lowest BCUT2D eigenvalue weighted by Crippen LogP contribution is -1.88. The van der Waals surface area contributed by atoms with Gasteiger partial charge in [0.2, 0.25) is 0 Å². The summed E-state index contributed by atoms with van der Waals surface area (Å²) in [5.41, 5.74) is 13.1. The number of hydrogen-bond acceptors (Lipinski definition) is 3. The van der Waals surface area contributed by atoms with Crippen LogP contribution in [0.3, 0.4) is 0 Å². The Hall–Kier alpha value is -1.22. The first-order chi connectivity index (χ1) is 5.29. The summed E-state index contributed by atoms with van der Waals surface area (Å²) in [6, 6.07) is 5.67. The van der Waals surface area contributed by atoms with Crippen molar-refractivity contribution >= 4 is 32.8 Å². The number of nitrogen functional groups attached to an aromatic ring is 2. The molecule has 0 fully saturated rings. The zero-order chi connectivity index (χ0) is 7.84. The molecule has 0 aliphatic rings. The summed E-state index contributed by atoms with van der Waals surface area (Å²) in [4.78, 5) is 0. The molecule has 0 unspecified atom stereocenters. The van der Waals surface area contributed by atoms with Crippen LogP contribution in [0.4, 0.5) is 11.4 Å². The van der Waals surface area contributed by atoms with Crippen molar-refractivity contribution in [1.82, 2.24) is 0 Å². The maximum absolute atomic E-state index is 5.72. The van der Waals surface area contributed by atoms with Crippen LogP contribution in [0.5, 0.6) is 0 Å². The summed E-state index contributed by atoms with van der Waals surface area (Å²) < 4.78 is 1.09. The molecular weight excluding hydrogens is 156 g/mol. The van der Waals surface area contributed by atoms with Crippen LogP contribution in [0.25, 0.3) is 10.1 Å². The summed E-state index contributed by atoms with van der Waals surface area (Å²) in [6.07, 6.45) is 0. The third-order valence-electron chi connectivity index (χ3n) is 1.68. The standard InChI is InChI=1S/C8H8N2S/c9-6-1-2-7(10)8-5(6)3-4-11-8/h1-4H,9-10H2. The predicted octanol–water partition coefficient (Wildman–Crippen LogP) is 2.07. The number of fused-ring (bicyclic) bond motifs is 1. The van der Waals surface area contributed by atoms with Crippen LogP contribution < -0.4 is 11.5 Å². The van der Waals surface area contributed by atoms with Gasteiger partial charge in [-0.15, -0.1) is 11.3 Å². The Kier molecular flexibility index (Phi) is 1.26. The first-order valence-electron chi connectivity index (χ1n) is 3.30. The predicted molar refractivity (Wildman–Crippen MR) is 50.6 cm³/mol. The molecule has 0 amide bonds. The normalized spacial score (nSPS) is 10.5. The van der Waals surface area contributed by atoms with Crippen molar-refractivity contribution in [3.63, 3.8) is 0 Å². The van der Waals surface area contributed by atoms with Crippen LogP contribution in [0.15, 0.2) is 23.6 Å². The van der Waals surface area contributed by atoms with Gasteiger partial charge < -0.3 is 11.5 Å². The fourth-order valence-electron chi connectivity index (χ4n) is 1.11. The number of nitrogens with two attached hydrogens (primary N) is 2. The zero-order valence-electron chi connectivity index (χ0n) is 5.87. The monoisotopic (exact) mass is 164 g/mol. The molecule has 3 heteroatoms. The van der Waals surface area contributed by atoms with Gasteiger partial charge in [0.1, 0.15) is 0 Å². The SMILES string of the molecule is Nc1ccc(N)c2sccc12. The molecule has 2 rings (SSSR count). The number of hydrogen-bond donors (Lipinski definition) is 2. The highest BCUT2D eigenvalue weighted by Gasteiger charge is 2.00. The second kappa shape index (κ2) is 2.13. The highest BCUT2D eigenvalue weighted by atomic mass is 32.1. The van der Waals surface area contributed by atoms with Crippen LogP contribution >= 0.6 is 11.3 Å². The zero-order valence-corrected chi connectivity index (χ0v) is 6.69. The molecule has 2 nitrogen and oxygen atoms in total. The molecule has 0 aliphatic heterocycles. The molecule has 2 aromatic rings. The fraction of sp³-hybridized carbons (Fsp3) is 0. The third-order valence-corrected chi connectivity index (χ3v) is 2.64. The van der Waals surface area contributed by atoms with E-state index >= 15 is 0 Å². The van der Waals surface area contributed by atoms with Gasteiger partial charge in [0, 0.05) is 16.8 Å². The second-order valence-corrected chi connectivity index (χ2v) is 3.32. The van der Waals surface area contributed by atoms with Crippen molar-refractivity contribution in [3.8, 4) is 0 Å². The smallest absolute Gasteiger partial charge is 0.0592 e. The molecule has 11 heavy (non-hydrogen) atoms. The van der Waals surface area contributed by atoms with Gasteiger partial charge >= 0.3 is 0 Å². The highest BCUT2D eigenvalue weighted by molar-refractivity contribution is 7.17. The molecule has 0 saturated heterocycles. The van der Waals surface area contributed by atoms with Gasteiger partial charge in [0.05, 0.1) is 4.70 Å². The lowest BCUT2D eigenvalue weighted by atomic mass is 10.2. The van der Waals surface area contributed by atoms with Crippen LogP contribution in [0.1, 0.15) is 0 Å². The van der Waals surface area contributed by atoms with E-state index in [1.54, 1.807) is 11.3 Å². The minimum atomic E-state index is 0.801. The van der Waals surface area contributed by atoms with Crippen molar-refractivity contribution in [2.75, 3.05) is 11.5 Å². The lowest BCUT2D eigenvalue weighted by molar-refractivity contribution is 1.77. The Morgan fingerprint density at radius 1 is 1.00 bits per heavy atom. The first-order valence-corrected chi connectivity index (χ1v) is 4.18. The largest absolute Gasteiger partial charge is 0.398 e. The summed E-state index contributed by atoms with van der Waals surface area (Å²) in [7, 11) is 0. The van der Waals surface area contributed by atoms with Crippen molar-refractivity contribution in [1.29, 1.82) is 0 Å². The Bertz CT molecular complexity index is 356. The third kappa shape index (κ3) is 0.851. The van der Waals surface area contributed by atoms with Gasteiger partial charge in [-0.25, -0.2) is 0 Å². The molecule has 1 aromatic heterocycles. The Morgan fingerprint density at radius 2 is 1.73 bits per heavy atom. The van der Waals surface area contributed by atoms with Crippen LogP contribution in [0, 0.1) is 0 Å². The van der Waals surface area contributed by atoms with E-state index in [9.17, 15) is 0 Å². The molecule has 0 saturated carbocycles. The van der Waals surface area contributed by atoms with E-state index in [1.165, 1.54) is 0 Å². The van der Waals surface area contributed by atoms with Crippen molar-refractivity contribution in [2.45, 2.75) is 0 Å². The van der Waals surface area contributed by atoms with E-state index in [0.717, 1.165) is 21.5 Å². The topological polar surface area (TPSA) is 52.0 Å². The van der Waals surface area contributed by atoms with Gasteiger partial charge in [0.15, 0.2) is 0 Å². The maximum atomic E-state index is 5.72. The minimum Gasteiger partial charge on any atom is -0.398 e. The first kappa shape index (κ1) is 6.49. The Labute approximate surface area is 68.4 Å². The summed E-state index contributed by atoms with van der Waals surface area (Å²) in [6.45, 7) is 0. The van der Waals surface area contributed by atoms with E-state index in [-0.39, 0.29) is 0 Å². The number of benzene rings is 1. The Balaban J connectivity index is 2.96. The molecule has 0 aliphatic carbocycles. The molecule has 56 valence electrons. The second-order valence-electron chi connectivity index (χ2n) is 2.41. The summed E-state index contributed by atoms with van der Waals surface area (Å²) in [5, 5.41) is 3.06. The Morgan fingerprint density at radius 3 is 2.45 bits per heavy atom. The van der Waals surface area contributed by atoms with Gasteiger partial charge in [-0.05, 0) is 23.6 Å². The van der Waals surface area contributed by atoms with Gasteiger partial charge in [-0.2, -0.15) is 0 Å². The van der Waals surface area contributed by atoms with E-state index in [0.29, 0.717) is 0 Å². The summed E-state index contributed by atoms with van der Waals surface area (Å²) >= 11 is 1.62. The molecular formula is C8H8N2S. The van der Waals surface area contributed by atoms with E-state index < -0.39 is 0 Å². The van der Waals surface area contributed by atoms with Gasteiger partial charge in [-0.1, -0.05) is 0 Å². The summed E-state index contributed by atoms with van der Waals surface area (Å²) in [5.74, 6) is 0. The van der Waals surface area contributed by atoms with Crippen LogP contribution in [-0.4, -0.2) is 0 Å². The molecule has 0 atom stereocenters. The highest BCUT2D eigenvalue weighted by Crippen LogP contribution is 2.30. The van der Waals surface area contributed by atoms with Gasteiger partial charge in [0.25, 0.3) is 0 Å². The average Bonchev–Trinajstić information content (AvgIpc) is 2.45. The van der Waals surface area contributed by atoms with E-state index in [1.807, 2.05) is 23.6 Å². The number of anilines is 2. The molecule has 0 radical (unpaired) electrons. The fourth-order valence-corrected chi connectivity index (χ4v) is 1.96. The van der Waals surface area contributed by atoms with E-state index in [2.05, 4.69) is 0 Å². The lowest BCUT2D eigenvalue weighted by Gasteiger charge is -1.97. The van der Waals surface area contributed by atoms with Crippen molar-refractivity contribution < 1.29 is 0 Å². The average molecular weight is 164 g/mol. The number of thiophene rings is 1. The quantitative estimate of drug-likeness (QED) is 0.585. The minimum absolute atomic E-state index is 0.801. The molecule has 1 heterocycles. The van der Waals surface area contributed by atoms with Crippen LogP contribution in [0.2, 0.25) is 0 Å². The van der Waals surface area contributed by atoms with E-state index in [4.69, 9.17) is 11.5 Å². The molecule has 4 N–H and O–H groups in total. The molecule has 1 aromatic carbocycles. The molecule has 0 spiro atoms. The maximum Gasteiger partial charge on any atom is 0.0592 e. The van der Waals surface area contributed by atoms with Crippen LogP contribution in [-0.2, 0) is 0 Å². The number of rotatable bonds is 0. The molecule has 0 bridgehead atoms. The van der Waals surface area contributed by atoms with Crippen molar-refractivity contribution in [3.05, 3.63) is 23.6 Å². The van der Waals surface area contributed by atoms with Gasteiger partial charge in [-0.3, -0.25) is 0 Å². The van der Waals surface area contributed by atoms with Crippen molar-refractivity contribution in [2.24, 2.45) is 0 Å².